The first-order valence-electron chi connectivity index (χ1n) is 8.27. The van der Waals surface area contributed by atoms with Crippen LogP contribution in [-0.4, -0.2) is 42.6 Å². The Morgan fingerprint density at radius 2 is 2.10 bits per heavy atom. The Morgan fingerprint density at radius 3 is 2.67 bits per heavy atom. The maximum absolute atomic E-state index is 4.40. The number of rotatable bonds is 10. The highest BCUT2D eigenvalue weighted by Gasteiger charge is 2.25. The summed E-state index contributed by atoms with van der Waals surface area (Å²) < 4.78 is 0. The van der Waals surface area contributed by atoms with E-state index >= 15 is 0 Å². The molecule has 0 radical (unpaired) electrons. The van der Waals surface area contributed by atoms with E-state index in [-0.39, 0.29) is 0 Å². The largest absolute Gasteiger partial charge is 0.314 e. The third-order valence-corrected chi connectivity index (χ3v) is 3.92. The minimum atomic E-state index is 0.345. The molecule has 3 nitrogen and oxygen atoms in total. The molecule has 1 atom stereocenters. The molecule has 1 aromatic heterocycles. The Bertz CT molecular complexity index is 377. The Balaban J connectivity index is 2.45. The first-order chi connectivity index (χ1) is 9.95. The zero-order valence-electron chi connectivity index (χ0n) is 14.5. The van der Waals surface area contributed by atoms with Crippen LogP contribution in [0.2, 0.25) is 0 Å². The van der Waals surface area contributed by atoms with E-state index in [0.29, 0.717) is 11.5 Å². The second-order valence-corrected chi connectivity index (χ2v) is 6.91. The maximum Gasteiger partial charge on any atom is 0.0416 e. The average Bonchev–Trinajstić information content (AvgIpc) is 2.44. The van der Waals surface area contributed by atoms with Crippen molar-refractivity contribution in [3.8, 4) is 0 Å². The zero-order chi connectivity index (χ0) is 15.7. The number of nitrogens with one attached hydrogen (secondary N) is 1. The van der Waals surface area contributed by atoms with E-state index in [2.05, 4.69) is 62.1 Å². The molecule has 0 aliphatic carbocycles. The van der Waals surface area contributed by atoms with Crippen LogP contribution >= 0.6 is 0 Å². The Kier molecular flexibility index (Phi) is 7.91. The van der Waals surface area contributed by atoms with Crippen molar-refractivity contribution in [2.75, 3.05) is 26.7 Å². The number of pyridine rings is 1. The van der Waals surface area contributed by atoms with Crippen molar-refractivity contribution in [3.05, 3.63) is 30.1 Å². The second kappa shape index (κ2) is 9.16. The first-order valence-corrected chi connectivity index (χ1v) is 8.27. The van der Waals surface area contributed by atoms with Crippen molar-refractivity contribution >= 4 is 0 Å². The summed E-state index contributed by atoms with van der Waals surface area (Å²) in [6.45, 7) is 12.4. The lowest BCUT2D eigenvalue weighted by molar-refractivity contribution is 0.171. The topological polar surface area (TPSA) is 28.2 Å². The van der Waals surface area contributed by atoms with E-state index in [1.165, 1.54) is 18.5 Å². The second-order valence-electron chi connectivity index (χ2n) is 6.91. The Labute approximate surface area is 131 Å². The quantitative estimate of drug-likeness (QED) is 0.716. The molecule has 1 heterocycles. The summed E-state index contributed by atoms with van der Waals surface area (Å²) >= 11 is 0. The third kappa shape index (κ3) is 7.58. The summed E-state index contributed by atoms with van der Waals surface area (Å²) in [5.74, 6) is 0. The fourth-order valence-electron chi connectivity index (χ4n) is 2.86. The fourth-order valence-corrected chi connectivity index (χ4v) is 2.86. The van der Waals surface area contributed by atoms with Crippen LogP contribution in [-0.2, 0) is 6.42 Å². The van der Waals surface area contributed by atoms with Crippen molar-refractivity contribution < 1.29 is 0 Å². The van der Waals surface area contributed by atoms with E-state index in [1.54, 1.807) is 0 Å². The molecule has 0 fully saturated rings. The van der Waals surface area contributed by atoms with Crippen LogP contribution in [0.15, 0.2) is 24.4 Å². The Morgan fingerprint density at radius 1 is 1.33 bits per heavy atom. The molecule has 0 saturated heterocycles. The van der Waals surface area contributed by atoms with Crippen LogP contribution in [0.3, 0.4) is 0 Å². The maximum atomic E-state index is 4.40. The molecule has 21 heavy (non-hydrogen) atoms. The highest BCUT2D eigenvalue weighted by atomic mass is 15.1. The molecule has 1 rings (SSSR count). The Hall–Kier alpha value is -0.930. The van der Waals surface area contributed by atoms with Crippen molar-refractivity contribution in [1.82, 2.24) is 15.2 Å². The van der Waals surface area contributed by atoms with E-state index < -0.39 is 0 Å². The summed E-state index contributed by atoms with van der Waals surface area (Å²) in [5, 5.41) is 3.61. The molecular formula is C18H33N3. The van der Waals surface area contributed by atoms with Gasteiger partial charge in [-0.3, -0.25) is 4.98 Å². The van der Waals surface area contributed by atoms with Gasteiger partial charge in [-0.05, 0) is 31.0 Å². The van der Waals surface area contributed by atoms with Gasteiger partial charge in [0.05, 0.1) is 0 Å². The van der Waals surface area contributed by atoms with Gasteiger partial charge in [0.15, 0.2) is 0 Å². The van der Waals surface area contributed by atoms with Gasteiger partial charge in [0.2, 0.25) is 0 Å². The predicted molar refractivity (Wildman–Crippen MR) is 91.6 cm³/mol. The molecule has 1 N–H and O–H groups in total. The summed E-state index contributed by atoms with van der Waals surface area (Å²) in [7, 11) is 2.23. The number of likely N-dealkylation sites (N-methyl/N-ethyl adjacent to an activating group) is 1. The van der Waals surface area contributed by atoms with Gasteiger partial charge in [0, 0.05) is 44.0 Å². The SMILES string of the molecule is CCCC(C)(CNC(C)C)CN(C)CCc1ccccn1. The van der Waals surface area contributed by atoms with Crippen LogP contribution in [0.25, 0.3) is 0 Å². The molecule has 0 aromatic carbocycles. The van der Waals surface area contributed by atoms with E-state index in [1.807, 2.05) is 12.3 Å². The molecule has 1 aromatic rings. The summed E-state index contributed by atoms with van der Waals surface area (Å²) in [5.41, 5.74) is 1.53. The van der Waals surface area contributed by atoms with Crippen molar-refractivity contribution in [3.63, 3.8) is 0 Å². The highest BCUT2D eigenvalue weighted by molar-refractivity contribution is 5.03. The van der Waals surface area contributed by atoms with Gasteiger partial charge < -0.3 is 10.2 Å². The predicted octanol–water partition coefficient (Wildman–Crippen LogP) is 3.36. The molecular weight excluding hydrogens is 258 g/mol. The zero-order valence-corrected chi connectivity index (χ0v) is 14.5. The number of hydrogen-bond donors (Lipinski definition) is 1. The smallest absolute Gasteiger partial charge is 0.0416 e. The van der Waals surface area contributed by atoms with Crippen LogP contribution < -0.4 is 5.32 Å². The standard InChI is InChI=1S/C18H33N3/c1-6-11-18(4,14-20-16(2)3)15-21(5)13-10-17-9-7-8-12-19-17/h7-9,12,16,20H,6,10-11,13-15H2,1-5H3. The molecule has 0 saturated carbocycles. The van der Waals surface area contributed by atoms with Crippen LogP contribution in [0, 0.1) is 5.41 Å². The van der Waals surface area contributed by atoms with Crippen molar-refractivity contribution in [2.24, 2.45) is 5.41 Å². The third-order valence-electron chi connectivity index (χ3n) is 3.92. The number of hydrogen-bond acceptors (Lipinski definition) is 3. The molecule has 1 unspecified atom stereocenters. The fraction of sp³-hybridized carbons (Fsp3) is 0.722. The summed E-state index contributed by atoms with van der Waals surface area (Å²) in [6, 6.07) is 6.71. The minimum absolute atomic E-state index is 0.345. The molecule has 0 spiro atoms. The van der Waals surface area contributed by atoms with Crippen molar-refractivity contribution in [2.45, 2.75) is 53.0 Å². The van der Waals surface area contributed by atoms with Crippen LogP contribution in [0.5, 0.6) is 0 Å². The molecule has 0 bridgehead atoms. The van der Waals surface area contributed by atoms with Crippen LogP contribution in [0.4, 0.5) is 0 Å². The lowest BCUT2D eigenvalue weighted by Gasteiger charge is -2.35. The average molecular weight is 291 g/mol. The van der Waals surface area contributed by atoms with Gasteiger partial charge in [0.25, 0.3) is 0 Å². The van der Waals surface area contributed by atoms with Gasteiger partial charge in [-0.2, -0.15) is 0 Å². The number of aromatic nitrogens is 1. The minimum Gasteiger partial charge on any atom is -0.314 e. The van der Waals surface area contributed by atoms with Gasteiger partial charge in [0.1, 0.15) is 0 Å². The molecule has 0 aliphatic heterocycles. The molecule has 3 heteroatoms. The molecule has 0 amide bonds. The highest BCUT2D eigenvalue weighted by Crippen LogP contribution is 2.23. The lowest BCUT2D eigenvalue weighted by Crippen LogP contribution is -2.43. The summed E-state index contributed by atoms with van der Waals surface area (Å²) in [6.07, 6.45) is 5.41. The van der Waals surface area contributed by atoms with E-state index in [0.717, 1.165) is 26.1 Å². The van der Waals surface area contributed by atoms with Gasteiger partial charge >= 0.3 is 0 Å². The van der Waals surface area contributed by atoms with Gasteiger partial charge in [-0.15, -0.1) is 0 Å². The van der Waals surface area contributed by atoms with E-state index in [9.17, 15) is 0 Å². The van der Waals surface area contributed by atoms with Gasteiger partial charge in [-0.25, -0.2) is 0 Å². The molecule has 120 valence electrons. The number of nitrogens with zero attached hydrogens (tertiary/aromatic N) is 2. The summed E-state index contributed by atoms with van der Waals surface area (Å²) in [4.78, 5) is 6.85. The monoisotopic (exact) mass is 291 g/mol. The van der Waals surface area contributed by atoms with Crippen LogP contribution in [0.1, 0.15) is 46.2 Å². The van der Waals surface area contributed by atoms with E-state index in [4.69, 9.17) is 0 Å². The molecule has 0 aliphatic rings. The first kappa shape index (κ1) is 18.1. The lowest BCUT2D eigenvalue weighted by atomic mass is 9.84. The van der Waals surface area contributed by atoms with Crippen molar-refractivity contribution in [1.29, 1.82) is 0 Å². The van der Waals surface area contributed by atoms with Gasteiger partial charge in [-0.1, -0.05) is 40.2 Å². The normalized spacial score (nSPS) is 14.6.